The van der Waals surface area contributed by atoms with E-state index in [0.29, 0.717) is 5.56 Å². The Labute approximate surface area is 135 Å². The number of nitrogens with zero attached hydrogens (tertiary/aromatic N) is 1. The van der Waals surface area contributed by atoms with Gasteiger partial charge < -0.3 is 9.67 Å². The van der Waals surface area contributed by atoms with Crippen molar-refractivity contribution in [2.24, 2.45) is 0 Å². The Bertz CT molecular complexity index is 878. The first kappa shape index (κ1) is 14.1. The van der Waals surface area contributed by atoms with E-state index in [1.54, 1.807) is 6.07 Å². The van der Waals surface area contributed by atoms with Crippen molar-refractivity contribution in [1.29, 1.82) is 0 Å². The number of carboxylic acids is 1. The fraction of sp³-hybridized carbons (Fsp3) is 0.250. The number of aryl methyl sites for hydroxylation is 1. The predicted molar refractivity (Wildman–Crippen MR) is 91.1 cm³/mol. The van der Waals surface area contributed by atoms with E-state index in [4.69, 9.17) is 0 Å². The van der Waals surface area contributed by atoms with E-state index in [2.05, 4.69) is 28.8 Å². The molecule has 1 aliphatic rings. The molecular weight excluding hydrogens is 286 g/mol. The molecular formula is C20H19NO2. The molecule has 0 aliphatic heterocycles. The first-order chi connectivity index (χ1) is 11.2. The van der Waals surface area contributed by atoms with E-state index < -0.39 is 5.97 Å². The highest BCUT2D eigenvalue weighted by molar-refractivity contribution is 5.95. The van der Waals surface area contributed by atoms with Gasteiger partial charge >= 0.3 is 5.97 Å². The van der Waals surface area contributed by atoms with Crippen LogP contribution >= 0.6 is 0 Å². The number of aromatic nitrogens is 1. The van der Waals surface area contributed by atoms with Crippen molar-refractivity contribution >= 4 is 16.9 Å². The van der Waals surface area contributed by atoms with E-state index in [0.717, 1.165) is 24.9 Å². The molecule has 3 nitrogen and oxygen atoms in total. The highest BCUT2D eigenvalue weighted by Crippen LogP contribution is 2.33. The maximum Gasteiger partial charge on any atom is 0.335 e. The Morgan fingerprint density at radius 1 is 1.04 bits per heavy atom. The smallest absolute Gasteiger partial charge is 0.335 e. The highest BCUT2D eigenvalue weighted by atomic mass is 16.4. The molecule has 0 amide bonds. The average Bonchev–Trinajstić information content (AvgIpc) is 2.90. The minimum atomic E-state index is -0.864. The molecule has 3 aromatic rings. The number of hydrogen-bond acceptors (Lipinski definition) is 1. The fourth-order valence-corrected chi connectivity index (χ4v) is 3.71. The van der Waals surface area contributed by atoms with Crippen LogP contribution in [0.15, 0.2) is 48.5 Å². The van der Waals surface area contributed by atoms with E-state index in [1.165, 1.54) is 35.0 Å². The zero-order valence-corrected chi connectivity index (χ0v) is 13.0. The summed E-state index contributed by atoms with van der Waals surface area (Å²) >= 11 is 0. The van der Waals surface area contributed by atoms with Crippen LogP contribution in [-0.2, 0) is 19.4 Å². The molecule has 23 heavy (non-hydrogen) atoms. The van der Waals surface area contributed by atoms with Crippen molar-refractivity contribution in [1.82, 2.24) is 4.57 Å². The van der Waals surface area contributed by atoms with Gasteiger partial charge in [0.1, 0.15) is 0 Å². The molecule has 0 saturated carbocycles. The Morgan fingerprint density at radius 2 is 1.83 bits per heavy atom. The topological polar surface area (TPSA) is 42.2 Å². The van der Waals surface area contributed by atoms with Gasteiger partial charge in [-0.2, -0.15) is 0 Å². The zero-order chi connectivity index (χ0) is 15.8. The van der Waals surface area contributed by atoms with Crippen molar-refractivity contribution < 1.29 is 9.90 Å². The normalized spacial score (nSPS) is 13.9. The van der Waals surface area contributed by atoms with Crippen molar-refractivity contribution in [2.45, 2.75) is 32.2 Å². The molecule has 1 heterocycles. The summed E-state index contributed by atoms with van der Waals surface area (Å²) in [5.74, 6) is -0.864. The number of carboxylic acid groups (broad SMARTS) is 1. The summed E-state index contributed by atoms with van der Waals surface area (Å²) in [5, 5.41) is 10.5. The average molecular weight is 305 g/mol. The van der Waals surface area contributed by atoms with Crippen molar-refractivity contribution in [3.05, 3.63) is 70.9 Å². The van der Waals surface area contributed by atoms with Crippen LogP contribution in [-0.4, -0.2) is 15.6 Å². The highest BCUT2D eigenvalue weighted by Gasteiger charge is 2.21. The number of hydrogen-bond donors (Lipinski definition) is 1. The molecule has 0 radical (unpaired) electrons. The molecule has 0 fully saturated rings. The predicted octanol–water partition coefficient (Wildman–Crippen LogP) is 4.27. The molecule has 2 aromatic carbocycles. The Balaban J connectivity index is 1.92. The van der Waals surface area contributed by atoms with Crippen LogP contribution in [0.3, 0.4) is 0 Å². The standard InChI is InChI=1S/C20H19NO2/c22-20(23)15-10-11-17-16-8-4-5-9-18(16)21(19(17)12-15)13-14-6-2-1-3-7-14/h1-3,6-7,10-12H,4-5,8-9,13H2,(H,22,23). The van der Waals surface area contributed by atoms with Crippen LogP contribution in [0.2, 0.25) is 0 Å². The molecule has 0 atom stereocenters. The molecule has 3 heteroatoms. The van der Waals surface area contributed by atoms with Gasteiger partial charge in [0.15, 0.2) is 0 Å². The summed E-state index contributed by atoms with van der Waals surface area (Å²) in [4.78, 5) is 11.3. The second kappa shape index (κ2) is 5.58. The third kappa shape index (κ3) is 2.42. The second-order valence-corrected chi connectivity index (χ2v) is 6.24. The van der Waals surface area contributed by atoms with E-state index in [9.17, 15) is 9.90 Å². The first-order valence-corrected chi connectivity index (χ1v) is 8.15. The zero-order valence-electron chi connectivity index (χ0n) is 13.0. The van der Waals surface area contributed by atoms with Crippen LogP contribution in [0.25, 0.3) is 10.9 Å². The van der Waals surface area contributed by atoms with Gasteiger partial charge in [0, 0.05) is 23.1 Å². The van der Waals surface area contributed by atoms with Gasteiger partial charge in [-0.1, -0.05) is 36.4 Å². The Morgan fingerprint density at radius 3 is 2.61 bits per heavy atom. The molecule has 0 bridgehead atoms. The van der Waals surface area contributed by atoms with Gasteiger partial charge in [0.2, 0.25) is 0 Å². The van der Waals surface area contributed by atoms with Gasteiger partial charge in [0.05, 0.1) is 5.56 Å². The van der Waals surface area contributed by atoms with Crippen molar-refractivity contribution in [3.63, 3.8) is 0 Å². The summed E-state index contributed by atoms with van der Waals surface area (Å²) in [7, 11) is 0. The summed E-state index contributed by atoms with van der Waals surface area (Å²) in [6.45, 7) is 0.801. The molecule has 1 N–H and O–H groups in total. The molecule has 0 spiro atoms. The minimum Gasteiger partial charge on any atom is -0.478 e. The number of carbonyl (C=O) groups is 1. The minimum absolute atomic E-state index is 0.363. The van der Waals surface area contributed by atoms with Gasteiger partial charge in [-0.25, -0.2) is 4.79 Å². The van der Waals surface area contributed by atoms with Gasteiger partial charge in [-0.3, -0.25) is 0 Å². The largest absolute Gasteiger partial charge is 0.478 e. The molecule has 1 aromatic heterocycles. The second-order valence-electron chi connectivity index (χ2n) is 6.24. The van der Waals surface area contributed by atoms with Crippen LogP contribution < -0.4 is 0 Å². The van der Waals surface area contributed by atoms with Crippen molar-refractivity contribution in [3.8, 4) is 0 Å². The van der Waals surface area contributed by atoms with Crippen LogP contribution in [0, 0.1) is 0 Å². The fourth-order valence-electron chi connectivity index (χ4n) is 3.71. The lowest BCUT2D eigenvalue weighted by atomic mass is 9.95. The van der Waals surface area contributed by atoms with Gasteiger partial charge in [-0.05, 0) is 48.9 Å². The lowest BCUT2D eigenvalue weighted by Crippen LogP contribution is -2.09. The molecule has 1 aliphatic carbocycles. The SMILES string of the molecule is O=C(O)c1ccc2c3c(n(Cc4ccccc4)c2c1)CCCC3. The lowest BCUT2D eigenvalue weighted by molar-refractivity contribution is 0.0697. The quantitative estimate of drug-likeness (QED) is 0.785. The molecule has 4 rings (SSSR count). The van der Waals surface area contributed by atoms with Crippen molar-refractivity contribution in [2.75, 3.05) is 0 Å². The Kier molecular flexibility index (Phi) is 3.41. The van der Waals surface area contributed by atoms with E-state index >= 15 is 0 Å². The van der Waals surface area contributed by atoms with Crippen LogP contribution in [0.1, 0.15) is 40.0 Å². The number of benzene rings is 2. The summed E-state index contributed by atoms with van der Waals surface area (Å²) in [5.41, 5.74) is 5.47. The van der Waals surface area contributed by atoms with Gasteiger partial charge in [0.25, 0.3) is 0 Å². The summed E-state index contributed by atoms with van der Waals surface area (Å²) in [6, 6.07) is 15.9. The number of rotatable bonds is 3. The first-order valence-electron chi connectivity index (χ1n) is 8.15. The molecule has 0 saturated heterocycles. The summed E-state index contributed by atoms with van der Waals surface area (Å²) in [6.07, 6.45) is 4.61. The molecule has 116 valence electrons. The van der Waals surface area contributed by atoms with E-state index in [1.807, 2.05) is 18.2 Å². The third-order valence-corrected chi connectivity index (χ3v) is 4.81. The third-order valence-electron chi connectivity index (χ3n) is 4.81. The van der Waals surface area contributed by atoms with Gasteiger partial charge in [-0.15, -0.1) is 0 Å². The maximum atomic E-state index is 11.3. The van der Waals surface area contributed by atoms with Crippen LogP contribution in [0.5, 0.6) is 0 Å². The number of aromatic carboxylic acids is 1. The summed E-state index contributed by atoms with van der Waals surface area (Å²) < 4.78 is 2.33. The molecule has 0 unspecified atom stereocenters. The van der Waals surface area contributed by atoms with Crippen LogP contribution in [0.4, 0.5) is 0 Å². The lowest BCUT2D eigenvalue weighted by Gasteiger charge is -2.16. The maximum absolute atomic E-state index is 11.3. The monoisotopic (exact) mass is 305 g/mol. The van der Waals surface area contributed by atoms with E-state index in [-0.39, 0.29) is 0 Å². The number of fused-ring (bicyclic) bond motifs is 3. The Hall–Kier alpha value is -2.55.